The van der Waals surface area contributed by atoms with Crippen LogP contribution in [0.2, 0.25) is 5.02 Å². The molecule has 102 valence electrons. The number of thiophene rings is 1. The number of hydrogen-bond acceptors (Lipinski definition) is 3. The number of nitrogens with two attached hydrogens (primary N) is 1. The predicted octanol–water partition coefficient (Wildman–Crippen LogP) is 3.58. The second kappa shape index (κ2) is 6.94. The highest BCUT2D eigenvalue weighted by Gasteiger charge is 2.11. The number of rotatable bonds is 6. The first-order valence-electron chi connectivity index (χ1n) is 6.43. The van der Waals surface area contributed by atoms with E-state index in [9.17, 15) is 0 Å². The summed E-state index contributed by atoms with van der Waals surface area (Å²) in [6.07, 6.45) is 1.90. The van der Waals surface area contributed by atoms with Crippen LogP contribution >= 0.6 is 22.9 Å². The molecule has 1 aromatic carbocycles. The van der Waals surface area contributed by atoms with E-state index in [0.29, 0.717) is 6.54 Å². The minimum absolute atomic E-state index is 0.645. The van der Waals surface area contributed by atoms with Crippen LogP contribution in [0.25, 0.3) is 0 Å². The Kier molecular flexibility index (Phi) is 5.25. The normalized spacial score (nSPS) is 10.7. The van der Waals surface area contributed by atoms with Crippen LogP contribution in [0, 0.1) is 0 Å². The van der Waals surface area contributed by atoms with Gasteiger partial charge in [-0.1, -0.05) is 29.8 Å². The summed E-state index contributed by atoms with van der Waals surface area (Å²) in [7, 11) is 2.09. The molecule has 0 aliphatic heterocycles. The topological polar surface area (TPSA) is 29.3 Å². The van der Waals surface area contributed by atoms with Gasteiger partial charge < -0.3 is 10.6 Å². The minimum atomic E-state index is 0.645. The summed E-state index contributed by atoms with van der Waals surface area (Å²) in [5, 5.41) is 2.92. The van der Waals surface area contributed by atoms with Gasteiger partial charge in [-0.2, -0.15) is 0 Å². The van der Waals surface area contributed by atoms with Crippen molar-refractivity contribution < 1.29 is 0 Å². The van der Waals surface area contributed by atoms with Gasteiger partial charge in [0.1, 0.15) is 0 Å². The molecule has 0 radical (unpaired) electrons. The fourth-order valence-electron chi connectivity index (χ4n) is 2.19. The van der Waals surface area contributed by atoms with E-state index in [1.54, 1.807) is 11.3 Å². The average Bonchev–Trinajstić information content (AvgIpc) is 2.90. The van der Waals surface area contributed by atoms with Gasteiger partial charge in [-0.15, -0.1) is 11.3 Å². The standard InChI is InChI=1S/C15H19ClN2S/c1-18(10-8-13-5-3-11-19-13)15-12(7-9-17)4-2-6-14(15)16/h2-6,11H,7-10,17H2,1H3. The molecule has 0 saturated carbocycles. The second-order valence-electron chi connectivity index (χ2n) is 4.54. The number of para-hydroxylation sites is 1. The fraction of sp³-hybridized carbons (Fsp3) is 0.333. The molecule has 0 amide bonds. The molecule has 2 N–H and O–H groups in total. The molecule has 4 heteroatoms. The van der Waals surface area contributed by atoms with Crippen LogP contribution < -0.4 is 10.6 Å². The van der Waals surface area contributed by atoms with Crippen molar-refractivity contribution in [3.05, 3.63) is 51.2 Å². The zero-order valence-corrected chi connectivity index (χ0v) is 12.7. The predicted molar refractivity (Wildman–Crippen MR) is 85.5 cm³/mol. The highest BCUT2D eigenvalue weighted by molar-refractivity contribution is 7.09. The molecule has 2 nitrogen and oxygen atoms in total. The molecule has 0 saturated heterocycles. The molecule has 0 spiro atoms. The molecule has 0 aliphatic rings. The van der Waals surface area contributed by atoms with Crippen molar-refractivity contribution in [1.29, 1.82) is 0 Å². The molecule has 2 aromatic rings. The van der Waals surface area contributed by atoms with Crippen molar-refractivity contribution in [1.82, 2.24) is 0 Å². The van der Waals surface area contributed by atoms with Crippen LogP contribution in [0.4, 0.5) is 5.69 Å². The Bertz CT molecular complexity index is 511. The Morgan fingerprint density at radius 2 is 2.05 bits per heavy atom. The molecular weight excluding hydrogens is 276 g/mol. The van der Waals surface area contributed by atoms with Gasteiger partial charge in [0.15, 0.2) is 0 Å². The van der Waals surface area contributed by atoms with Crippen molar-refractivity contribution in [3.8, 4) is 0 Å². The highest BCUT2D eigenvalue weighted by Crippen LogP contribution is 2.29. The zero-order chi connectivity index (χ0) is 13.7. The lowest BCUT2D eigenvalue weighted by Crippen LogP contribution is -2.22. The summed E-state index contributed by atoms with van der Waals surface area (Å²) in [6.45, 7) is 1.61. The van der Waals surface area contributed by atoms with Crippen LogP contribution in [0.15, 0.2) is 35.7 Å². The summed E-state index contributed by atoms with van der Waals surface area (Å²) in [5.41, 5.74) is 8.01. The maximum absolute atomic E-state index is 6.34. The lowest BCUT2D eigenvalue weighted by molar-refractivity contribution is 0.869. The minimum Gasteiger partial charge on any atom is -0.373 e. The monoisotopic (exact) mass is 294 g/mol. The van der Waals surface area contributed by atoms with Gasteiger partial charge in [0.2, 0.25) is 0 Å². The molecule has 0 bridgehead atoms. The SMILES string of the molecule is CN(CCc1cccs1)c1c(Cl)cccc1CCN. The fourth-order valence-corrected chi connectivity index (χ4v) is 3.23. The van der Waals surface area contributed by atoms with E-state index in [4.69, 9.17) is 17.3 Å². The Morgan fingerprint density at radius 1 is 1.21 bits per heavy atom. The molecule has 0 atom stereocenters. The van der Waals surface area contributed by atoms with E-state index in [1.807, 2.05) is 12.1 Å². The van der Waals surface area contributed by atoms with E-state index in [1.165, 1.54) is 10.4 Å². The van der Waals surface area contributed by atoms with Crippen LogP contribution in [0.5, 0.6) is 0 Å². The lowest BCUT2D eigenvalue weighted by Gasteiger charge is -2.23. The Hall–Kier alpha value is -1.03. The third-order valence-corrected chi connectivity index (χ3v) is 4.38. The summed E-state index contributed by atoms with van der Waals surface area (Å²) >= 11 is 8.14. The summed E-state index contributed by atoms with van der Waals surface area (Å²) < 4.78 is 0. The van der Waals surface area contributed by atoms with E-state index < -0.39 is 0 Å². The Morgan fingerprint density at radius 3 is 2.74 bits per heavy atom. The van der Waals surface area contributed by atoms with Gasteiger partial charge in [-0.3, -0.25) is 0 Å². The largest absolute Gasteiger partial charge is 0.373 e. The molecule has 2 rings (SSSR count). The highest BCUT2D eigenvalue weighted by atomic mass is 35.5. The molecular formula is C15H19ClN2S. The van der Waals surface area contributed by atoms with Crippen LogP contribution in [-0.2, 0) is 12.8 Å². The van der Waals surface area contributed by atoms with Crippen LogP contribution in [0.3, 0.4) is 0 Å². The second-order valence-corrected chi connectivity index (χ2v) is 5.98. The first-order chi connectivity index (χ1) is 9.22. The third-order valence-electron chi connectivity index (χ3n) is 3.14. The molecule has 0 unspecified atom stereocenters. The van der Waals surface area contributed by atoms with Crippen molar-refractivity contribution in [2.75, 3.05) is 25.0 Å². The summed E-state index contributed by atoms with van der Waals surface area (Å²) in [5.74, 6) is 0. The quantitative estimate of drug-likeness (QED) is 0.882. The molecule has 1 aromatic heterocycles. The van der Waals surface area contributed by atoms with Gasteiger partial charge in [0.05, 0.1) is 10.7 Å². The number of likely N-dealkylation sites (N-methyl/N-ethyl adjacent to an activating group) is 1. The average molecular weight is 295 g/mol. The van der Waals surface area contributed by atoms with Crippen molar-refractivity contribution in [2.45, 2.75) is 12.8 Å². The Balaban J connectivity index is 2.11. The first kappa shape index (κ1) is 14.4. The molecule has 0 fully saturated rings. The van der Waals surface area contributed by atoms with Crippen molar-refractivity contribution >= 4 is 28.6 Å². The molecule has 0 aliphatic carbocycles. The van der Waals surface area contributed by atoms with Crippen molar-refractivity contribution in [2.24, 2.45) is 5.73 Å². The number of halogens is 1. The van der Waals surface area contributed by atoms with Crippen LogP contribution in [-0.4, -0.2) is 20.1 Å². The number of anilines is 1. The van der Waals surface area contributed by atoms with Crippen LogP contribution in [0.1, 0.15) is 10.4 Å². The first-order valence-corrected chi connectivity index (χ1v) is 7.69. The summed E-state index contributed by atoms with van der Waals surface area (Å²) in [6, 6.07) is 10.3. The maximum Gasteiger partial charge on any atom is 0.0642 e. The number of benzene rings is 1. The Labute approximate surface area is 123 Å². The maximum atomic E-state index is 6.34. The van der Waals surface area contributed by atoms with E-state index >= 15 is 0 Å². The smallest absolute Gasteiger partial charge is 0.0642 e. The van der Waals surface area contributed by atoms with Gasteiger partial charge >= 0.3 is 0 Å². The van der Waals surface area contributed by atoms with E-state index in [-0.39, 0.29) is 0 Å². The van der Waals surface area contributed by atoms with Gasteiger partial charge in [0, 0.05) is 18.5 Å². The van der Waals surface area contributed by atoms with E-state index in [2.05, 4.69) is 35.5 Å². The van der Waals surface area contributed by atoms with Gasteiger partial charge in [-0.05, 0) is 42.5 Å². The number of nitrogens with zero attached hydrogens (tertiary/aromatic N) is 1. The van der Waals surface area contributed by atoms with Gasteiger partial charge in [0.25, 0.3) is 0 Å². The summed E-state index contributed by atoms with van der Waals surface area (Å²) in [4.78, 5) is 3.63. The van der Waals surface area contributed by atoms with Gasteiger partial charge in [-0.25, -0.2) is 0 Å². The van der Waals surface area contributed by atoms with Crippen molar-refractivity contribution in [3.63, 3.8) is 0 Å². The zero-order valence-electron chi connectivity index (χ0n) is 11.1. The third kappa shape index (κ3) is 3.72. The number of hydrogen-bond donors (Lipinski definition) is 1. The lowest BCUT2D eigenvalue weighted by atomic mass is 10.1. The molecule has 1 heterocycles. The molecule has 19 heavy (non-hydrogen) atoms. The van der Waals surface area contributed by atoms with E-state index in [0.717, 1.165) is 30.1 Å².